The van der Waals surface area contributed by atoms with E-state index in [2.05, 4.69) is 70.3 Å². The zero-order valence-electron chi connectivity index (χ0n) is 20.6. The van der Waals surface area contributed by atoms with Gasteiger partial charge in [-0.1, -0.05) is 24.3 Å². The molecule has 35 heavy (non-hydrogen) atoms. The fraction of sp³-hybridized carbons (Fsp3) is 0.379. The molecule has 2 fully saturated rings. The monoisotopic (exact) mass is 467 g/mol. The smallest absolute Gasteiger partial charge is 0.269 e. The fourth-order valence-corrected chi connectivity index (χ4v) is 6.38. The van der Waals surface area contributed by atoms with Gasteiger partial charge in [0.15, 0.2) is 5.69 Å². The molecule has 6 heteroatoms. The summed E-state index contributed by atoms with van der Waals surface area (Å²) in [6.07, 6.45) is 7.55. The van der Waals surface area contributed by atoms with E-state index in [9.17, 15) is 4.79 Å². The maximum absolute atomic E-state index is 11.5. The highest BCUT2D eigenvalue weighted by molar-refractivity contribution is 5.91. The Hall–Kier alpha value is -3.38. The first-order valence-electron chi connectivity index (χ1n) is 12.6. The van der Waals surface area contributed by atoms with Gasteiger partial charge in [0.25, 0.3) is 5.91 Å². The number of rotatable bonds is 5. The minimum Gasteiger partial charge on any atom is -0.364 e. The average molecular weight is 468 g/mol. The second kappa shape index (κ2) is 8.38. The van der Waals surface area contributed by atoms with Gasteiger partial charge in [-0.3, -0.25) is 4.79 Å². The van der Waals surface area contributed by atoms with Gasteiger partial charge in [0.05, 0.1) is 5.69 Å². The molecule has 6 rings (SSSR count). The molecule has 4 aromatic rings. The fourth-order valence-electron chi connectivity index (χ4n) is 6.38. The van der Waals surface area contributed by atoms with E-state index in [1.807, 2.05) is 13.0 Å². The van der Waals surface area contributed by atoms with Crippen LogP contribution in [0.25, 0.3) is 16.6 Å². The summed E-state index contributed by atoms with van der Waals surface area (Å²) in [4.78, 5) is 13.9. The third-order valence-electron chi connectivity index (χ3n) is 8.20. The normalized spacial score (nSPS) is 18.2. The molecule has 0 radical (unpaired) electrons. The molecule has 1 spiro atoms. The summed E-state index contributed by atoms with van der Waals surface area (Å²) in [7, 11) is 2.24. The number of likely N-dealkylation sites (tertiary alicyclic amines) is 1. The lowest BCUT2D eigenvalue weighted by atomic mass is 9.65. The summed E-state index contributed by atoms with van der Waals surface area (Å²) in [5.41, 5.74) is 12.1. The Morgan fingerprint density at radius 2 is 1.80 bits per heavy atom. The van der Waals surface area contributed by atoms with Crippen molar-refractivity contribution < 1.29 is 4.79 Å². The predicted molar refractivity (Wildman–Crippen MR) is 139 cm³/mol. The second-order valence-corrected chi connectivity index (χ2v) is 10.8. The van der Waals surface area contributed by atoms with E-state index in [0.717, 1.165) is 23.3 Å². The number of carbonyl (C=O) groups is 1. The molecule has 180 valence electrons. The van der Waals surface area contributed by atoms with Crippen LogP contribution in [-0.2, 0) is 6.54 Å². The van der Waals surface area contributed by atoms with Crippen LogP contribution in [-0.4, -0.2) is 45.3 Å². The lowest BCUT2D eigenvalue weighted by Crippen LogP contribution is -2.55. The van der Waals surface area contributed by atoms with Gasteiger partial charge >= 0.3 is 0 Å². The van der Waals surface area contributed by atoms with Crippen molar-refractivity contribution in [3.8, 4) is 5.69 Å². The van der Waals surface area contributed by atoms with Crippen molar-refractivity contribution in [3.05, 3.63) is 83.3 Å². The molecule has 6 nitrogen and oxygen atoms in total. The highest BCUT2D eigenvalue weighted by Gasteiger charge is 2.43. The Bertz CT molecular complexity index is 1380. The maximum atomic E-state index is 11.5. The predicted octanol–water partition coefficient (Wildman–Crippen LogP) is 4.87. The minimum absolute atomic E-state index is 0.284. The zero-order valence-corrected chi connectivity index (χ0v) is 20.6. The Morgan fingerprint density at radius 1 is 1.06 bits per heavy atom. The molecule has 2 aromatic heterocycles. The second-order valence-electron chi connectivity index (χ2n) is 10.8. The summed E-state index contributed by atoms with van der Waals surface area (Å²) >= 11 is 0. The molecule has 0 atom stereocenters. The Balaban J connectivity index is 1.15. The highest BCUT2D eigenvalue weighted by Crippen LogP contribution is 2.47. The van der Waals surface area contributed by atoms with Gasteiger partial charge < -0.3 is 15.2 Å². The van der Waals surface area contributed by atoms with Gasteiger partial charge in [-0.25, -0.2) is 4.68 Å². The van der Waals surface area contributed by atoms with Crippen molar-refractivity contribution in [3.63, 3.8) is 0 Å². The molecule has 1 amide bonds. The molecule has 1 aliphatic carbocycles. The third-order valence-corrected chi connectivity index (χ3v) is 8.20. The Morgan fingerprint density at radius 3 is 2.46 bits per heavy atom. The van der Waals surface area contributed by atoms with E-state index in [1.54, 1.807) is 10.7 Å². The first kappa shape index (κ1) is 22.1. The largest absolute Gasteiger partial charge is 0.364 e. The van der Waals surface area contributed by atoms with Gasteiger partial charge in [-0.15, -0.1) is 0 Å². The molecule has 1 saturated carbocycles. The number of aryl methyl sites for hydroxylation is 1. The molecule has 2 N–H and O–H groups in total. The van der Waals surface area contributed by atoms with Crippen LogP contribution in [0.15, 0.2) is 60.8 Å². The van der Waals surface area contributed by atoms with E-state index in [0.29, 0.717) is 11.3 Å². The number of aromatic nitrogens is 3. The molecule has 0 unspecified atom stereocenters. The molecule has 2 aromatic carbocycles. The number of nitrogens with two attached hydrogens (primary N) is 1. The summed E-state index contributed by atoms with van der Waals surface area (Å²) in [5, 5.41) is 5.51. The minimum atomic E-state index is -0.510. The number of benzene rings is 2. The maximum Gasteiger partial charge on any atom is 0.269 e. The first-order valence-corrected chi connectivity index (χ1v) is 12.6. The molecule has 1 aliphatic heterocycles. The van der Waals surface area contributed by atoms with Crippen LogP contribution in [0.3, 0.4) is 0 Å². The average Bonchev–Trinajstić information content (AvgIpc) is 3.42. The van der Waals surface area contributed by atoms with Crippen LogP contribution >= 0.6 is 0 Å². The van der Waals surface area contributed by atoms with Gasteiger partial charge in [-0.2, -0.15) is 5.10 Å². The number of hydrogen-bond acceptors (Lipinski definition) is 3. The summed E-state index contributed by atoms with van der Waals surface area (Å²) < 4.78 is 4.06. The third kappa shape index (κ3) is 4.06. The number of hydrogen-bond donors (Lipinski definition) is 1. The van der Waals surface area contributed by atoms with E-state index in [1.165, 1.54) is 55.4 Å². The number of primary amides is 1. The molecule has 3 heterocycles. The van der Waals surface area contributed by atoms with Crippen molar-refractivity contribution >= 4 is 16.8 Å². The molecule has 1 saturated heterocycles. The number of fused-ring (bicyclic) bond motifs is 1. The summed E-state index contributed by atoms with van der Waals surface area (Å²) in [6, 6.07) is 19.4. The van der Waals surface area contributed by atoms with Gasteiger partial charge in [0.1, 0.15) is 0 Å². The number of carbonyl (C=O) groups excluding carboxylic acids is 1. The van der Waals surface area contributed by atoms with E-state index in [4.69, 9.17) is 5.73 Å². The quantitative estimate of drug-likeness (QED) is 0.455. The van der Waals surface area contributed by atoms with Crippen LogP contribution < -0.4 is 5.73 Å². The Kier molecular flexibility index (Phi) is 5.29. The highest BCUT2D eigenvalue weighted by atomic mass is 16.1. The van der Waals surface area contributed by atoms with Crippen molar-refractivity contribution in [1.29, 1.82) is 0 Å². The van der Waals surface area contributed by atoms with Crippen molar-refractivity contribution in [1.82, 2.24) is 19.2 Å². The number of nitrogens with zero attached hydrogens (tertiary/aromatic N) is 4. The van der Waals surface area contributed by atoms with Crippen LogP contribution in [0, 0.1) is 12.3 Å². The van der Waals surface area contributed by atoms with Gasteiger partial charge in [-0.05, 0) is 92.4 Å². The van der Waals surface area contributed by atoms with E-state index < -0.39 is 5.91 Å². The summed E-state index contributed by atoms with van der Waals surface area (Å²) in [6.45, 7) is 5.35. The molecule has 0 bridgehead atoms. The lowest BCUT2D eigenvalue weighted by Gasteiger charge is -2.52. The van der Waals surface area contributed by atoms with Crippen molar-refractivity contribution in [2.75, 3.05) is 20.1 Å². The molecular formula is C29H33N5O. The zero-order chi connectivity index (χ0) is 24.2. The van der Waals surface area contributed by atoms with E-state index >= 15 is 0 Å². The standard InChI is InChI=1S/C29H33N5O/c1-20-15-26(28(30)35)31-34(20)25-7-8-27-24(16-25)11-14-33(27)17-21-3-5-22(6-4-21)23-9-12-29(13-10-23)18-32(2)19-29/h3-8,11,14-16,23H,9-10,12-13,17-19H2,1-2H3,(H2,30,35). The molecular weight excluding hydrogens is 434 g/mol. The first-order chi connectivity index (χ1) is 16.9. The summed E-state index contributed by atoms with van der Waals surface area (Å²) in [5.74, 6) is 0.205. The van der Waals surface area contributed by atoms with Crippen molar-refractivity contribution in [2.45, 2.75) is 45.1 Å². The van der Waals surface area contributed by atoms with Crippen LogP contribution in [0.2, 0.25) is 0 Å². The van der Waals surface area contributed by atoms with Crippen LogP contribution in [0.4, 0.5) is 0 Å². The van der Waals surface area contributed by atoms with Crippen LogP contribution in [0.5, 0.6) is 0 Å². The topological polar surface area (TPSA) is 69.1 Å². The SMILES string of the molecule is Cc1cc(C(N)=O)nn1-c1ccc2c(ccn2Cc2ccc(C3CCC4(CC3)CN(C)C4)cc2)c1. The Labute approximate surface area is 206 Å². The van der Waals surface area contributed by atoms with E-state index in [-0.39, 0.29) is 5.69 Å². The number of amides is 1. The van der Waals surface area contributed by atoms with Gasteiger partial charge in [0.2, 0.25) is 0 Å². The van der Waals surface area contributed by atoms with Crippen LogP contribution in [0.1, 0.15) is 58.9 Å². The lowest BCUT2D eigenvalue weighted by molar-refractivity contribution is -0.0137. The molecule has 2 aliphatic rings. The van der Waals surface area contributed by atoms with Crippen molar-refractivity contribution in [2.24, 2.45) is 11.1 Å². The van der Waals surface area contributed by atoms with Gasteiger partial charge in [0, 0.05) is 42.4 Å².